The van der Waals surface area contributed by atoms with Gasteiger partial charge in [0.1, 0.15) is 0 Å². The SMILES string of the molecule is Clc1ccc2[nH]c3c(OCCCN4CC56CCN5CCC46)c4[nH]c5ccc(Cl)cc5c4cc3c2c1. The highest BCUT2D eigenvalue weighted by molar-refractivity contribution is 6.33. The van der Waals surface area contributed by atoms with Gasteiger partial charge in [-0.3, -0.25) is 9.80 Å². The third-order valence-electron chi connectivity index (χ3n) is 8.84. The van der Waals surface area contributed by atoms with Gasteiger partial charge in [-0.05, 0) is 61.7 Å². The highest BCUT2D eigenvalue weighted by Crippen LogP contribution is 2.50. The number of H-pyrrole nitrogens is 2. The molecule has 0 radical (unpaired) electrons. The zero-order chi connectivity index (χ0) is 23.3. The van der Waals surface area contributed by atoms with Gasteiger partial charge in [0.05, 0.1) is 23.2 Å². The highest BCUT2D eigenvalue weighted by Gasteiger charge is 2.63. The standard InChI is InChI=1S/C28H26Cl2N4O/c29-16-2-4-22-18(12-16)20-14-21-19-13-17(30)3-5-23(19)32-26(21)27(25(20)31-22)35-11-1-8-33-15-28-7-10-34(28)9-6-24(28)33/h2-5,12-14,24,31-32H,1,6-11,15H2. The molecule has 3 aromatic carbocycles. The predicted molar refractivity (Wildman–Crippen MR) is 144 cm³/mol. The Morgan fingerprint density at radius 2 is 1.57 bits per heavy atom. The van der Waals surface area contributed by atoms with Crippen molar-refractivity contribution in [2.75, 3.05) is 32.8 Å². The maximum Gasteiger partial charge on any atom is 0.167 e. The van der Waals surface area contributed by atoms with Gasteiger partial charge in [0.25, 0.3) is 0 Å². The molecule has 5 aromatic rings. The summed E-state index contributed by atoms with van der Waals surface area (Å²) in [6.45, 7) is 5.61. The first-order chi connectivity index (χ1) is 17.1. The van der Waals surface area contributed by atoms with Crippen molar-refractivity contribution in [3.05, 3.63) is 52.5 Å². The number of halogens is 2. The minimum atomic E-state index is 0.538. The zero-order valence-corrected chi connectivity index (χ0v) is 20.8. The van der Waals surface area contributed by atoms with Crippen LogP contribution < -0.4 is 4.74 Å². The van der Waals surface area contributed by atoms with E-state index in [2.05, 4.69) is 25.8 Å². The van der Waals surface area contributed by atoms with Gasteiger partial charge in [0, 0.05) is 74.8 Å². The number of nitrogens with zero attached hydrogens (tertiary/aromatic N) is 2. The van der Waals surface area contributed by atoms with Gasteiger partial charge in [-0.15, -0.1) is 0 Å². The maximum atomic E-state index is 6.58. The molecule has 2 unspecified atom stereocenters. The third-order valence-corrected chi connectivity index (χ3v) is 9.31. The Kier molecular flexibility index (Phi) is 4.32. The summed E-state index contributed by atoms with van der Waals surface area (Å²) < 4.78 is 6.58. The number of benzene rings is 3. The minimum absolute atomic E-state index is 0.538. The molecule has 3 saturated heterocycles. The van der Waals surface area contributed by atoms with Crippen LogP contribution in [-0.2, 0) is 0 Å². The Bertz CT molecular complexity index is 1560. The number of hydrogen-bond donors (Lipinski definition) is 2. The van der Waals surface area contributed by atoms with Crippen molar-refractivity contribution >= 4 is 66.8 Å². The van der Waals surface area contributed by atoms with Crippen LogP contribution in [0.3, 0.4) is 0 Å². The van der Waals surface area contributed by atoms with Crippen LogP contribution in [0, 0.1) is 0 Å². The number of hydrogen-bond acceptors (Lipinski definition) is 3. The topological polar surface area (TPSA) is 47.3 Å². The van der Waals surface area contributed by atoms with Crippen LogP contribution in [-0.4, -0.2) is 64.1 Å². The fraction of sp³-hybridized carbons (Fsp3) is 0.357. The van der Waals surface area contributed by atoms with Crippen molar-refractivity contribution < 1.29 is 4.74 Å². The van der Waals surface area contributed by atoms with Crippen LogP contribution in [0.4, 0.5) is 0 Å². The van der Waals surface area contributed by atoms with Crippen molar-refractivity contribution in [3.8, 4) is 5.75 Å². The van der Waals surface area contributed by atoms with E-state index in [-0.39, 0.29) is 0 Å². The molecule has 2 aromatic heterocycles. The molecule has 0 amide bonds. The summed E-state index contributed by atoms with van der Waals surface area (Å²) >= 11 is 12.7. The molecule has 35 heavy (non-hydrogen) atoms. The van der Waals surface area contributed by atoms with E-state index in [1.54, 1.807) is 0 Å². The Morgan fingerprint density at radius 1 is 0.886 bits per heavy atom. The number of nitrogens with one attached hydrogen (secondary N) is 2. The molecule has 5 nitrogen and oxygen atoms in total. The lowest BCUT2D eigenvalue weighted by Crippen LogP contribution is -2.77. The van der Waals surface area contributed by atoms with E-state index in [9.17, 15) is 0 Å². The van der Waals surface area contributed by atoms with Gasteiger partial charge in [0.15, 0.2) is 5.75 Å². The van der Waals surface area contributed by atoms with E-state index >= 15 is 0 Å². The molecular weight excluding hydrogens is 479 g/mol. The summed E-state index contributed by atoms with van der Waals surface area (Å²) in [5.74, 6) is 0.878. The smallest absolute Gasteiger partial charge is 0.167 e. The van der Waals surface area contributed by atoms with Crippen LogP contribution in [0.5, 0.6) is 5.75 Å². The van der Waals surface area contributed by atoms with E-state index in [4.69, 9.17) is 27.9 Å². The molecule has 8 rings (SSSR count). The van der Waals surface area contributed by atoms with Crippen molar-refractivity contribution in [1.82, 2.24) is 19.8 Å². The highest BCUT2D eigenvalue weighted by atomic mass is 35.5. The zero-order valence-electron chi connectivity index (χ0n) is 19.3. The predicted octanol–water partition coefficient (Wildman–Crippen LogP) is 6.56. The molecule has 2 atom stereocenters. The van der Waals surface area contributed by atoms with Crippen molar-refractivity contribution in [2.45, 2.75) is 30.8 Å². The van der Waals surface area contributed by atoms with Crippen LogP contribution >= 0.6 is 23.2 Å². The summed E-state index contributed by atoms with van der Waals surface area (Å²) in [7, 11) is 0. The number of aromatic amines is 2. The average molecular weight is 505 g/mol. The van der Waals surface area contributed by atoms with Gasteiger partial charge >= 0.3 is 0 Å². The molecule has 1 spiro atoms. The number of aromatic nitrogens is 2. The molecule has 3 aliphatic rings. The summed E-state index contributed by atoms with van der Waals surface area (Å²) in [5, 5.41) is 5.90. The number of fused-ring (bicyclic) bond motifs is 6. The lowest BCUT2D eigenvalue weighted by atomic mass is 9.73. The van der Waals surface area contributed by atoms with E-state index in [0.29, 0.717) is 12.1 Å². The lowest BCUT2D eigenvalue weighted by Gasteiger charge is -2.63. The second-order valence-corrected chi connectivity index (χ2v) is 11.4. The molecule has 3 aliphatic heterocycles. The van der Waals surface area contributed by atoms with Crippen LogP contribution in [0.1, 0.15) is 19.3 Å². The van der Waals surface area contributed by atoms with Crippen LogP contribution in [0.15, 0.2) is 42.5 Å². The van der Waals surface area contributed by atoms with Gasteiger partial charge in [-0.25, -0.2) is 0 Å². The van der Waals surface area contributed by atoms with Gasteiger partial charge in [0.2, 0.25) is 0 Å². The summed E-state index contributed by atoms with van der Waals surface area (Å²) in [4.78, 5) is 12.6. The minimum Gasteiger partial charge on any atom is -0.489 e. The largest absolute Gasteiger partial charge is 0.489 e. The first kappa shape index (κ1) is 20.7. The van der Waals surface area contributed by atoms with Crippen LogP contribution in [0.25, 0.3) is 43.6 Å². The molecule has 2 N–H and O–H groups in total. The molecule has 0 aliphatic carbocycles. The molecule has 7 heteroatoms. The normalized spacial score (nSPS) is 24.2. The fourth-order valence-electron chi connectivity index (χ4n) is 7.09. The Morgan fingerprint density at radius 3 is 2.20 bits per heavy atom. The Hall–Kier alpha value is -2.44. The van der Waals surface area contributed by atoms with E-state index in [1.807, 2.05) is 36.4 Å². The monoisotopic (exact) mass is 504 g/mol. The Labute approximate surface area is 212 Å². The molecule has 178 valence electrons. The summed E-state index contributed by atoms with van der Waals surface area (Å²) in [6.07, 6.45) is 3.73. The molecular formula is C28H26Cl2N4O. The molecule has 5 heterocycles. The quantitative estimate of drug-likeness (QED) is 0.266. The van der Waals surface area contributed by atoms with E-state index in [1.165, 1.54) is 32.5 Å². The summed E-state index contributed by atoms with van der Waals surface area (Å²) in [5.41, 5.74) is 4.67. The second kappa shape index (κ2) is 7.30. The van der Waals surface area contributed by atoms with Gasteiger partial charge in [-0.1, -0.05) is 23.2 Å². The summed E-state index contributed by atoms with van der Waals surface area (Å²) in [6, 6.07) is 15.0. The molecule has 0 saturated carbocycles. The van der Waals surface area contributed by atoms with Crippen molar-refractivity contribution in [3.63, 3.8) is 0 Å². The van der Waals surface area contributed by atoms with Crippen molar-refractivity contribution in [1.29, 1.82) is 0 Å². The average Bonchev–Trinajstić information content (AvgIpc) is 3.42. The third kappa shape index (κ3) is 2.84. The van der Waals surface area contributed by atoms with E-state index in [0.717, 1.165) is 78.4 Å². The van der Waals surface area contributed by atoms with Gasteiger partial charge in [-0.2, -0.15) is 0 Å². The molecule has 0 bridgehead atoms. The number of ether oxygens (including phenoxy) is 1. The van der Waals surface area contributed by atoms with Crippen molar-refractivity contribution in [2.24, 2.45) is 0 Å². The van der Waals surface area contributed by atoms with Gasteiger partial charge < -0.3 is 14.7 Å². The Balaban J connectivity index is 1.15. The maximum absolute atomic E-state index is 6.58. The first-order valence-corrected chi connectivity index (χ1v) is 13.3. The van der Waals surface area contributed by atoms with Crippen LogP contribution in [0.2, 0.25) is 10.0 Å². The fourth-order valence-corrected chi connectivity index (χ4v) is 7.43. The lowest BCUT2D eigenvalue weighted by molar-refractivity contribution is -0.124. The first-order valence-electron chi connectivity index (χ1n) is 12.6. The number of likely N-dealkylation sites (tertiary alicyclic amines) is 1. The second-order valence-electron chi connectivity index (χ2n) is 10.5. The van der Waals surface area contributed by atoms with E-state index < -0.39 is 0 Å². The number of rotatable bonds is 5. The molecule has 3 fully saturated rings.